The van der Waals surface area contributed by atoms with Crippen LogP contribution in [0.5, 0.6) is 0 Å². The second-order valence-electron chi connectivity index (χ2n) is 5.21. The van der Waals surface area contributed by atoms with Crippen LogP contribution in [0.25, 0.3) is 0 Å². The molecule has 2 aromatic rings. The van der Waals surface area contributed by atoms with Gasteiger partial charge in [-0.25, -0.2) is 0 Å². The van der Waals surface area contributed by atoms with Crippen molar-refractivity contribution in [2.24, 2.45) is 0 Å². The molecule has 0 saturated carbocycles. The number of rotatable bonds is 4. The summed E-state index contributed by atoms with van der Waals surface area (Å²) in [7, 11) is 1.84. The van der Waals surface area contributed by atoms with E-state index in [-0.39, 0.29) is 0 Å². The number of nitrogens with one attached hydrogen (secondary N) is 1. The van der Waals surface area contributed by atoms with E-state index in [1.54, 1.807) is 12.4 Å². The van der Waals surface area contributed by atoms with Crippen LogP contribution in [0.1, 0.15) is 30.7 Å². The zero-order valence-corrected chi connectivity index (χ0v) is 12.3. The van der Waals surface area contributed by atoms with Crippen molar-refractivity contribution < 1.29 is 0 Å². The summed E-state index contributed by atoms with van der Waals surface area (Å²) in [5.41, 5.74) is 1.16. The first kappa shape index (κ1) is 13.7. The highest BCUT2D eigenvalue weighted by Gasteiger charge is 2.16. The Balaban J connectivity index is 1.85. The van der Waals surface area contributed by atoms with Crippen molar-refractivity contribution in [2.45, 2.75) is 25.7 Å². The molecule has 6 heteroatoms. The molecule has 0 unspecified atom stereocenters. The minimum atomic E-state index is 0.634. The van der Waals surface area contributed by atoms with E-state index < -0.39 is 0 Å². The smallest absolute Gasteiger partial charge is 0.230 e. The van der Waals surface area contributed by atoms with Crippen LogP contribution in [0.15, 0.2) is 24.5 Å². The summed E-state index contributed by atoms with van der Waals surface area (Å²) in [6.45, 7) is 2.06. The monoisotopic (exact) mass is 284 g/mol. The number of pyridine rings is 1. The average molecular weight is 284 g/mol. The fraction of sp³-hybridized carbons (Fsp3) is 0.467. The molecule has 2 aromatic heterocycles. The van der Waals surface area contributed by atoms with Gasteiger partial charge >= 0.3 is 0 Å². The second kappa shape index (κ2) is 6.47. The van der Waals surface area contributed by atoms with Crippen LogP contribution in [-0.2, 0) is 6.42 Å². The molecule has 1 saturated heterocycles. The number of hydrogen-bond donors (Lipinski definition) is 1. The van der Waals surface area contributed by atoms with Gasteiger partial charge < -0.3 is 10.2 Å². The van der Waals surface area contributed by atoms with Crippen LogP contribution < -0.4 is 10.2 Å². The van der Waals surface area contributed by atoms with Gasteiger partial charge in [0.2, 0.25) is 11.9 Å². The highest BCUT2D eigenvalue weighted by atomic mass is 15.3. The molecule has 3 heterocycles. The Morgan fingerprint density at radius 3 is 2.52 bits per heavy atom. The van der Waals surface area contributed by atoms with Gasteiger partial charge in [-0.1, -0.05) is 0 Å². The molecule has 110 valence electrons. The second-order valence-corrected chi connectivity index (χ2v) is 5.21. The fourth-order valence-electron chi connectivity index (χ4n) is 2.52. The van der Waals surface area contributed by atoms with Gasteiger partial charge in [0, 0.05) is 39.0 Å². The van der Waals surface area contributed by atoms with Gasteiger partial charge in [-0.3, -0.25) is 4.98 Å². The predicted octanol–water partition coefficient (Wildman–Crippen LogP) is 1.89. The summed E-state index contributed by atoms with van der Waals surface area (Å²) in [6.07, 6.45) is 7.99. The molecule has 6 nitrogen and oxygen atoms in total. The van der Waals surface area contributed by atoms with Crippen LogP contribution >= 0.6 is 0 Å². The van der Waals surface area contributed by atoms with Crippen molar-refractivity contribution in [3.63, 3.8) is 0 Å². The van der Waals surface area contributed by atoms with E-state index in [9.17, 15) is 0 Å². The molecule has 1 aliphatic heterocycles. The third-order valence-electron chi connectivity index (χ3n) is 3.64. The van der Waals surface area contributed by atoms with Crippen molar-refractivity contribution in [2.75, 3.05) is 30.4 Å². The standard InChI is InChI=1S/C15H20N6/c1-16-14-18-13(11-12-5-7-17-8-6-12)19-15(20-14)21-9-3-2-4-10-21/h5-8H,2-4,9-11H2,1H3,(H,16,18,19,20). The molecule has 0 bridgehead atoms. The maximum atomic E-state index is 4.64. The Morgan fingerprint density at radius 2 is 1.81 bits per heavy atom. The first-order valence-corrected chi connectivity index (χ1v) is 7.42. The largest absolute Gasteiger partial charge is 0.357 e. The van der Waals surface area contributed by atoms with Crippen LogP contribution in [0.4, 0.5) is 11.9 Å². The number of anilines is 2. The van der Waals surface area contributed by atoms with Gasteiger partial charge in [0.05, 0.1) is 0 Å². The first-order chi connectivity index (χ1) is 10.3. The van der Waals surface area contributed by atoms with E-state index in [4.69, 9.17) is 0 Å². The van der Waals surface area contributed by atoms with E-state index in [1.807, 2.05) is 19.2 Å². The van der Waals surface area contributed by atoms with Crippen LogP contribution in [0.3, 0.4) is 0 Å². The molecule has 0 atom stereocenters. The first-order valence-electron chi connectivity index (χ1n) is 7.42. The van der Waals surface area contributed by atoms with Crippen molar-refractivity contribution in [1.82, 2.24) is 19.9 Å². The SMILES string of the molecule is CNc1nc(Cc2ccncc2)nc(N2CCCCC2)n1. The molecule has 1 fully saturated rings. The van der Waals surface area contributed by atoms with Gasteiger partial charge in [0.25, 0.3) is 0 Å². The maximum absolute atomic E-state index is 4.64. The topological polar surface area (TPSA) is 66.8 Å². The zero-order valence-electron chi connectivity index (χ0n) is 12.3. The minimum Gasteiger partial charge on any atom is -0.357 e. The van der Waals surface area contributed by atoms with Crippen molar-refractivity contribution >= 4 is 11.9 Å². The quantitative estimate of drug-likeness (QED) is 0.925. The molecule has 0 aliphatic carbocycles. The highest BCUT2D eigenvalue weighted by Crippen LogP contribution is 2.17. The summed E-state index contributed by atoms with van der Waals surface area (Å²) in [6, 6.07) is 3.98. The highest BCUT2D eigenvalue weighted by molar-refractivity contribution is 5.37. The normalized spacial score (nSPS) is 15.0. The Kier molecular flexibility index (Phi) is 4.23. The molecule has 1 N–H and O–H groups in total. The van der Waals surface area contributed by atoms with Crippen LogP contribution in [-0.4, -0.2) is 40.1 Å². The number of hydrogen-bond acceptors (Lipinski definition) is 6. The predicted molar refractivity (Wildman–Crippen MR) is 82.5 cm³/mol. The minimum absolute atomic E-state index is 0.634. The molecule has 0 radical (unpaired) electrons. The van der Waals surface area contributed by atoms with E-state index in [0.717, 1.165) is 30.4 Å². The molecular formula is C15H20N6. The van der Waals surface area contributed by atoms with E-state index >= 15 is 0 Å². The number of nitrogens with zero attached hydrogens (tertiary/aromatic N) is 5. The van der Waals surface area contributed by atoms with E-state index in [0.29, 0.717) is 12.4 Å². The lowest BCUT2D eigenvalue weighted by molar-refractivity contribution is 0.566. The Bertz CT molecular complexity index is 580. The third-order valence-corrected chi connectivity index (χ3v) is 3.64. The van der Waals surface area contributed by atoms with Crippen molar-refractivity contribution in [3.05, 3.63) is 35.9 Å². The van der Waals surface area contributed by atoms with Gasteiger partial charge in [0.15, 0.2) is 0 Å². The number of aromatic nitrogens is 4. The summed E-state index contributed by atoms with van der Waals surface area (Å²) < 4.78 is 0. The molecule has 21 heavy (non-hydrogen) atoms. The summed E-state index contributed by atoms with van der Waals surface area (Å²) in [5, 5.41) is 3.03. The lowest BCUT2D eigenvalue weighted by atomic mass is 10.1. The number of piperidine rings is 1. The molecule has 0 spiro atoms. The van der Waals surface area contributed by atoms with Gasteiger partial charge in [-0.2, -0.15) is 15.0 Å². The fourth-order valence-corrected chi connectivity index (χ4v) is 2.52. The molecule has 0 aromatic carbocycles. The summed E-state index contributed by atoms with van der Waals surface area (Å²) >= 11 is 0. The Labute approximate surface area is 124 Å². The van der Waals surface area contributed by atoms with Crippen molar-refractivity contribution in [3.8, 4) is 0 Å². The molecular weight excluding hydrogens is 264 g/mol. The van der Waals surface area contributed by atoms with Gasteiger partial charge in [0.1, 0.15) is 5.82 Å². The van der Waals surface area contributed by atoms with E-state index in [2.05, 4.69) is 30.2 Å². The van der Waals surface area contributed by atoms with Crippen LogP contribution in [0, 0.1) is 0 Å². The lowest BCUT2D eigenvalue weighted by Gasteiger charge is -2.26. The average Bonchev–Trinajstić information content (AvgIpc) is 2.56. The maximum Gasteiger partial charge on any atom is 0.230 e. The zero-order chi connectivity index (χ0) is 14.5. The lowest BCUT2D eigenvalue weighted by Crippen LogP contribution is -2.31. The summed E-state index contributed by atoms with van der Waals surface area (Å²) in [5.74, 6) is 2.22. The van der Waals surface area contributed by atoms with Crippen molar-refractivity contribution in [1.29, 1.82) is 0 Å². The third kappa shape index (κ3) is 3.45. The molecule has 0 amide bonds. The molecule has 1 aliphatic rings. The van der Waals surface area contributed by atoms with Gasteiger partial charge in [-0.05, 0) is 37.0 Å². The Morgan fingerprint density at radius 1 is 1.05 bits per heavy atom. The van der Waals surface area contributed by atoms with E-state index in [1.165, 1.54) is 19.3 Å². The summed E-state index contributed by atoms with van der Waals surface area (Å²) in [4.78, 5) is 19.9. The molecule has 3 rings (SSSR count). The van der Waals surface area contributed by atoms with Gasteiger partial charge in [-0.15, -0.1) is 0 Å². The Hall–Kier alpha value is -2.24. The van der Waals surface area contributed by atoms with Crippen LogP contribution in [0.2, 0.25) is 0 Å².